The lowest BCUT2D eigenvalue weighted by Crippen LogP contribution is -2.40. The molecule has 3 rings (SSSR count). The summed E-state index contributed by atoms with van der Waals surface area (Å²) in [5, 5.41) is 3.85. The maximum atomic E-state index is 13.3. The quantitative estimate of drug-likeness (QED) is 0.837. The summed E-state index contributed by atoms with van der Waals surface area (Å²) in [5.74, 6) is -0.763. The lowest BCUT2D eigenvalue weighted by molar-refractivity contribution is 0.0666. The fraction of sp³-hybridized carbons (Fsp3) is 0.474. The van der Waals surface area contributed by atoms with E-state index in [0.717, 1.165) is 31.4 Å². The average molecular weight is 348 g/mol. The molecule has 0 bridgehead atoms. The first-order valence-corrected chi connectivity index (χ1v) is 8.61. The third-order valence-electron chi connectivity index (χ3n) is 4.88. The van der Waals surface area contributed by atoms with E-state index >= 15 is 0 Å². The molecule has 1 atom stereocenters. The van der Waals surface area contributed by atoms with E-state index < -0.39 is 11.6 Å². The second-order valence-corrected chi connectivity index (χ2v) is 6.75. The van der Waals surface area contributed by atoms with Crippen LogP contribution in [-0.2, 0) is 6.42 Å². The molecule has 0 spiro atoms. The Morgan fingerprint density at radius 2 is 2.12 bits per heavy atom. The Morgan fingerprint density at radius 3 is 2.80 bits per heavy atom. The van der Waals surface area contributed by atoms with Crippen molar-refractivity contribution in [1.29, 1.82) is 0 Å². The van der Waals surface area contributed by atoms with Gasteiger partial charge < -0.3 is 9.42 Å². The molecule has 134 valence electrons. The zero-order valence-electron chi connectivity index (χ0n) is 14.5. The van der Waals surface area contributed by atoms with Gasteiger partial charge in [-0.2, -0.15) is 0 Å². The Balaban J connectivity index is 1.61. The summed E-state index contributed by atoms with van der Waals surface area (Å²) in [6.45, 7) is 4.92. The minimum Gasteiger partial charge on any atom is -0.361 e. The molecule has 1 fully saturated rings. The SMILES string of the molecule is Cc1noc(C)c1C(=O)N1CCC[C@@H](CCc2ccc(F)c(F)c2)C1. The number of carbonyl (C=O) groups excluding carboxylic acids is 1. The van der Waals surface area contributed by atoms with Crippen LogP contribution in [0.3, 0.4) is 0 Å². The van der Waals surface area contributed by atoms with Crippen LogP contribution in [0.4, 0.5) is 8.78 Å². The molecule has 1 saturated heterocycles. The van der Waals surface area contributed by atoms with Crippen molar-refractivity contribution in [2.24, 2.45) is 5.92 Å². The van der Waals surface area contributed by atoms with Crippen LogP contribution in [-0.4, -0.2) is 29.1 Å². The van der Waals surface area contributed by atoms with Crippen LogP contribution in [0, 0.1) is 31.4 Å². The number of benzene rings is 1. The Hall–Kier alpha value is -2.24. The summed E-state index contributed by atoms with van der Waals surface area (Å²) in [5.41, 5.74) is 1.96. The topological polar surface area (TPSA) is 46.3 Å². The summed E-state index contributed by atoms with van der Waals surface area (Å²) >= 11 is 0. The molecular formula is C19H22F2N2O2. The van der Waals surface area contributed by atoms with Crippen molar-refractivity contribution in [2.75, 3.05) is 13.1 Å². The van der Waals surface area contributed by atoms with Gasteiger partial charge in [-0.1, -0.05) is 11.2 Å². The maximum absolute atomic E-state index is 13.3. The van der Waals surface area contributed by atoms with Gasteiger partial charge in [-0.3, -0.25) is 4.79 Å². The lowest BCUT2D eigenvalue weighted by Gasteiger charge is -2.33. The average Bonchev–Trinajstić information content (AvgIpc) is 2.94. The Kier molecular flexibility index (Phi) is 5.16. The normalized spacial score (nSPS) is 17.8. The molecule has 1 aliphatic heterocycles. The van der Waals surface area contributed by atoms with E-state index in [9.17, 15) is 13.6 Å². The van der Waals surface area contributed by atoms with Crippen molar-refractivity contribution in [3.63, 3.8) is 0 Å². The first kappa shape index (κ1) is 17.6. The number of rotatable bonds is 4. The highest BCUT2D eigenvalue weighted by molar-refractivity contribution is 5.96. The molecule has 1 amide bonds. The highest BCUT2D eigenvalue weighted by atomic mass is 19.2. The third kappa shape index (κ3) is 3.89. The molecular weight excluding hydrogens is 326 g/mol. The van der Waals surface area contributed by atoms with Crippen LogP contribution in [0.25, 0.3) is 0 Å². The van der Waals surface area contributed by atoms with Crippen LogP contribution in [0.15, 0.2) is 22.7 Å². The van der Waals surface area contributed by atoms with Gasteiger partial charge >= 0.3 is 0 Å². The minimum atomic E-state index is -0.822. The zero-order valence-corrected chi connectivity index (χ0v) is 14.5. The Labute approximate surface area is 145 Å². The summed E-state index contributed by atoms with van der Waals surface area (Å²) in [6, 6.07) is 4.04. The maximum Gasteiger partial charge on any atom is 0.259 e. The fourth-order valence-electron chi connectivity index (χ4n) is 3.50. The zero-order chi connectivity index (χ0) is 18.0. The molecule has 2 heterocycles. The number of nitrogens with zero attached hydrogens (tertiary/aromatic N) is 2. The summed E-state index contributed by atoms with van der Waals surface area (Å²) in [4.78, 5) is 14.6. The van der Waals surface area contributed by atoms with E-state index in [1.807, 2.05) is 4.90 Å². The number of hydrogen-bond donors (Lipinski definition) is 0. The molecule has 0 N–H and O–H groups in total. The predicted octanol–water partition coefficient (Wildman–Crippen LogP) is 4.05. The number of carbonyl (C=O) groups is 1. The van der Waals surface area contributed by atoms with Gasteiger partial charge in [0.15, 0.2) is 11.6 Å². The van der Waals surface area contributed by atoms with Gasteiger partial charge in [0.05, 0.1) is 5.69 Å². The summed E-state index contributed by atoms with van der Waals surface area (Å²) in [6.07, 6.45) is 3.50. The smallest absolute Gasteiger partial charge is 0.259 e. The van der Waals surface area contributed by atoms with Crippen LogP contribution in [0.5, 0.6) is 0 Å². The Bertz CT molecular complexity index is 753. The molecule has 25 heavy (non-hydrogen) atoms. The van der Waals surface area contributed by atoms with Crippen molar-refractivity contribution in [2.45, 2.75) is 39.5 Å². The highest BCUT2D eigenvalue weighted by Gasteiger charge is 2.28. The number of aromatic nitrogens is 1. The highest BCUT2D eigenvalue weighted by Crippen LogP contribution is 2.25. The van der Waals surface area contributed by atoms with Crippen molar-refractivity contribution < 1.29 is 18.1 Å². The van der Waals surface area contributed by atoms with Crippen molar-refractivity contribution in [3.8, 4) is 0 Å². The molecule has 1 aromatic carbocycles. The van der Waals surface area contributed by atoms with Crippen molar-refractivity contribution in [3.05, 3.63) is 52.4 Å². The largest absolute Gasteiger partial charge is 0.361 e. The first-order valence-electron chi connectivity index (χ1n) is 8.61. The van der Waals surface area contributed by atoms with E-state index in [1.165, 1.54) is 12.1 Å². The van der Waals surface area contributed by atoms with Gasteiger partial charge in [-0.05, 0) is 63.1 Å². The van der Waals surface area contributed by atoms with Crippen LogP contribution >= 0.6 is 0 Å². The monoisotopic (exact) mass is 348 g/mol. The van der Waals surface area contributed by atoms with Gasteiger partial charge in [-0.15, -0.1) is 0 Å². The number of amides is 1. The minimum absolute atomic E-state index is 0.0335. The summed E-state index contributed by atoms with van der Waals surface area (Å²) in [7, 11) is 0. The van der Waals surface area contributed by atoms with Crippen LogP contribution < -0.4 is 0 Å². The second-order valence-electron chi connectivity index (χ2n) is 6.75. The molecule has 1 aromatic heterocycles. The third-order valence-corrected chi connectivity index (χ3v) is 4.88. The van der Waals surface area contributed by atoms with Gasteiger partial charge in [-0.25, -0.2) is 8.78 Å². The van der Waals surface area contributed by atoms with Gasteiger partial charge in [0.1, 0.15) is 11.3 Å². The predicted molar refractivity (Wildman–Crippen MR) is 89.3 cm³/mol. The lowest BCUT2D eigenvalue weighted by atomic mass is 9.91. The molecule has 0 unspecified atom stereocenters. The number of halogens is 2. The molecule has 0 aliphatic carbocycles. The first-order chi connectivity index (χ1) is 12.0. The Morgan fingerprint density at radius 1 is 1.32 bits per heavy atom. The molecule has 6 heteroatoms. The van der Waals surface area contributed by atoms with E-state index in [-0.39, 0.29) is 5.91 Å². The number of likely N-dealkylation sites (tertiary alicyclic amines) is 1. The van der Waals surface area contributed by atoms with E-state index in [2.05, 4.69) is 5.16 Å². The number of hydrogen-bond acceptors (Lipinski definition) is 3. The second kappa shape index (κ2) is 7.33. The number of aryl methyl sites for hydroxylation is 3. The fourth-order valence-corrected chi connectivity index (χ4v) is 3.50. The van der Waals surface area contributed by atoms with Crippen LogP contribution in [0.1, 0.15) is 46.6 Å². The van der Waals surface area contributed by atoms with Crippen molar-refractivity contribution >= 4 is 5.91 Å². The van der Waals surface area contributed by atoms with Gasteiger partial charge in [0, 0.05) is 13.1 Å². The molecule has 2 aromatic rings. The number of piperidine rings is 1. The van der Waals surface area contributed by atoms with E-state index in [0.29, 0.717) is 35.9 Å². The molecule has 0 radical (unpaired) electrons. The van der Waals surface area contributed by atoms with Crippen LogP contribution in [0.2, 0.25) is 0 Å². The molecule has 4 nitrogen and oxygen atoms in total. The van der Waals surface area contributed by atoms with E-state index in [1.54, 1.807) is 19.9 Å². The van der Waals surface area contributed by atoms with Gasteiger partial charge in [0.25, 0.3) is 5.91 Å². The standard InChI is InChI=1S/C19H22F2N2O2/c1-12-18(13(2)25-22-12)19(24)23-9-3-4-15(11-23)6-5-14-7-8-16(20)17(21)10-14/h7-8,10,15H,3-6,9,11H2,1-2H3/t15-/m0/s1. The summed E-state index contributed by atoms with van der Waals surface area (Å²) < 4.78 is 31.4. The molecule has 0 saturated carbocycles. The van der Waals surface area contributed by atoms with E-state index in [4.69, 9.17) is 4.52 Å². The van der Waals surface area contributed by atoms with Crippen molar-refractivity contribution in [1.82, 2.24) is 10.1 Å². The van der Waals surface area contributed by atoms with Gasteiger partial charge in [0.2, 0.25) is 0 Å². The molecule has 1 aliphatic rings.